The number of carbonyl (C=O) groups is 1. The van der Waals surface area contributed by atoms with E-state index in [2.05, 4.69) is 29.6 Å². The van der Waals surface area contributed by atoms with Crippen molar-refractivity contribution in [1.82, 2.24) is 9.62 Å². The van der Waals surface area contributed by atoms with Crippen LogP contribution in [0.4, 0.5) is 0 Å². The van der Waals surface area contributed by atoms with Crippen LogP contribution in [-0.2, 0) is 27.8 Å². The molecule has 0 aromatic heterocycles. The molecule has 0 unspecified atom stereocenters. The normalized spacial score (nSPS) is 15.5. The molecule has 0 aliphatic carbocycles. The van der Waals surface area contributed by atoms with Gasteiger partial charge in [0, 0.05) is 19.0 Å². The van der Waals surface area contributed by atoms with E-state index in [1.165, 1.54) is 34.7 Å². The van der Waals surface area contributed by atoms with Gasteiger partial charge in [-0.3, -0.25) is 4.79 Å². The number of methoxy groups -OCH3 is 1. The molecule has 1 heterocycles. The van der Waals surface area contributed by atoms with Gasteiger partial charge in [0.15, 0.2) is 0 Å². The fourth-order valence-corrected chi connectivity index (χ4v) is 6.78. The van der Waals surface area contributed by atoms with Crippen LogP contribution in [-0.4, -0.2) is 38.3 Å². The molecule has 4 aromatic rings. The summed E-state index contributed by atoms with van der Waals surface area (Å²) in [6, 6.07) is 33.6. The van der Waals surface area contributed by atoms with E-state index >= 15 is 0 Å². The molecule has 1 amide bonds. The molecule has 0 spiro atoms. The van der Waals surface area contributed by atoms with Gasteiger partial charge in [-0.05, 0) is 59.4 Å². The first-order valence-corrected chi connectivity index (χ1v) is 14.5. The van der Waals surface area contributed by atoms with Crippen LogP contribution in [0.2, 0.25) is 0 Å². The van der Waals surface area contributed by atoms with Crippen molar-refractivity contribution >= 4 is 15.9 Å². The van der Waals surface area contributed by atoms with Crippen LogP contribution in [0.25, 0.3) is 0 Å². The number of amides is 1. The highest BCUT2D eigenvalue weighted by Crippen LogP contribution is 2.31. The van der Waals surface area contributed by atoms with Gasteiger partial charge in [0.2, 0.25) is 15.9 Å². The molecule has 39 heavy (non-hydrogen) atoms. The van der Waals surface area contributed by atoms with E-state index in [9.17, 15) is 13.2 Å². The fourth-order valence-electron chi connectivity index (χ4n) is 5.21. The third-order valence-corrected chi connectivity index (χ3v) is 9.18. The topological polar surface area (TPSA) is 75.7 Å². The highest BCUT2D eigenvalue weighted by Gasteiger charge is 2.39. The van der Waals surface area contributed by atoms with E-state index in [-0.39, 0.29) is 23.3 Å². The van der Waals surface area contributed by atoms with Gasteiger partial charge >= 0.3 is 0 Å². The van der Waals surface area contributed by atoms with Crippen LogP contribution in [0, 0.1) is 0 Å². The molecule has 0 saturated heterocycles. The molecule has 0 radical (unpaired) electrons. The Morgan fingerprint density at radius 3 is 2.00 bits per heavy atom. The Labute approximate surface area is 230 Å². The number of hydrogen-bond acceptors (Lipinski definition) is 4. The second-order valence-electron chi connectivity index (χ2n) is 9.67. The van der Waals surface area contributed by atoms with E-state index < -0.39 is 16.1 Å². The minimum absolute atomic E-state index is 0.110. The second-order valence-corrected chi connectivity index (χ2v) is 11.6. The molecule has 0 saturated carbocycles. The van der Waals surface area contributed by atoms with Crippen LogP contribution in [0.3, 0.4) is 0 Å². The number of sulfonamides is 1. The summed E-state index contributed by atoms with van der Waals surface area (Å²) in [6.45, 7) is 0.557. The van der Waals surface area contributed by atoms with E-state index in [1.54, 1.807) is 12.1 Å². The standard InChI is InChI=1S/C32H32N2O4S/c1-38-28-16-18-29(19-17-28)39(36,37)34-23-27-15-9-8-14-26(27)22-31(34)32(35)33-21-20-30(24-10-4-2-5-11-24)25-12-6-3-7-13-25/h2-19,30-31H,20-23H2,1H3,(H,33,35)/t31-/m0/s1. The van der Waals surface area contributed by atoms with Gasteiger partial charge in [-0.2, -0.15) is 4.31 Å². The predicted molar refractivity (Wildman–Crippen MR) is 152 cm³/mol. The summed E-state index contributed by atoms with van der Waals surface area (Å²) in [5, 5.41) is 3.06. The lowest BCUT2D eigenvalue weighted by atomic mass is 9.88. The van der Waals surface area contributed by atoms with Crippen molar-refractivity contribution < 1.29 is 17.9 Å². The number of ether oxygens (including phenoxy) is 1. The number of fused-ring (bicyclic) bond motifs is 1. The quantitative estimate of drug-likeness (QED) is 0.319. The molecule has 0 bridgehead atoms. The summed E-state index contributed by atoms with van der Waals surface area (Å²) in [4.78, 5) is 13.7. The van der Waals surface area contributed by atoms with Crippen LogP contribution >= 0.6 is 0 Å². The average molecular weight is 541 g/mol. The monoisotopic (exact) mass is 540 g/mol. The van der Waals surface area contributed by atoms with Crippen molar-refractivity contribution in [2.24, 2.45) is 0 Å². The Morgan fingerprint density at radius 1 is 0.846 bits per heavy atom. The van der Waals surface area contributed by atoms with Crippen molar-refractivity contribution in [1.29, 1.82) is 0 Å². The summed E-state index contributed by atoms with van der Waals surface area (Å²) in [5.41, 5.74) is 4.25. The van der Waals surface area contributed by atoms with Gasteiger partial charge in [0.1, 0.15) is 11.8 Å². The van der Waals surface area contributed by atoms with Crippen LogP contribution < -0.4 is 10.1 Å². The Bertz CT molecular complexity index is 1470. The van der Waals surface area contributed by atoms with Crippen molar-refractivity contribution in [2.45, 2.75) is 36.2 Å². The van der Waals surface area contributed by atoms with Crippen molar-refractivity contribution in [2.75, 3.05) is 13.7 Å². The van der Waals surface area contributed by atoms with E-state index in [0.29, 0.717) is 25.1 Å². The zero-order valence-electron chi connectivity index (χ0n) is 21.9. The average Bonchev–Trinajstić information content (AvgIpc) is 2.99. The molecular formula is C32H32N2O4S. The first-order chi connectivity index (χ1) is 19.0. The third-order valence-electron chi connectivity index (χ3n) is 7.31. The van der Waals surface area contributed by atoms with Crippen molar-refractivity contribution in [3.05, 3.63) is 131 Å². The number of benzene rings is 4. The predicted octanol–water partition coefficient (Wildman–Crippen LogP) is 5.15. The maximum Gasteiger partial charge on any atom is 0.244 e. The summed E-state index contributed by atoms with van der Waals surface area (Å²) < 4.78 is 34.1. The van der Waals surface area contributed by atoms with E-state index in [0.717, 1.165) is 11.1 Å². The molecule has 1 atom stereocenters. The first-order valence-electron chi connectivity index (χ1n) is 13.1. The number of hydrogen-bond donors (Lipinski definition) is 1. The minimum Gasteiger partial charge on any atom is -0.497 e. The maximum atomic E-state index is 13.8. The smallest absolute Gasteiger partial charge is 0.244 e. The summed E-state index contributed by atoms with van der Waals surface area (Å²) in [7, 11) is -2.40. The van der Waals surface area contributed by atoms with Gasteiger partial charge in [0.05, 0.1) is 12.0 Å². The minimum atomic E-state index is -3.93. The Balaban J connectivity index is 1.37. The molecule has 1 N–H and O–H groups in total. The molecule has 5 rings (SSSR count). The fraction of sp³-hybridized carbons (Fsp3) is 0.219. The van der Waals surface area contributed by atoms with Crippen LogP contribution in [0.1, 0.15) is 34.6 Å². The SMILES string of the molecule is COc1ccc(S(=O)(=O)N2Cc3ccccc3C[C@H]2C(=O)NCCC(c2ccccc2)c2ccccc2)cc1. The Hall–Kier alpha value is -3.94. The number of carbonyl (C=O) groups excluding carboxylic acids is 1. The molecule has 1 aliphatic heterocycles. The van der Waals surface area contributed by atoms with E-state index in [1.807, 2.05) is 60.7 Å². The summed E-state index contributed by atoms with van der Waals surface area (Å²) >= 11 is 0. The summed E-state index contributed by atoms with van der Waals surface area (Å²) in [6.07, 6.45) is 1.01. The number of nitrogens with one attached hydrogen (secondary N) is 1. The largest absolute Gasteiger partial charge is 0.497 e. The molecule has 1 aliphatic rings. The molecule has 6 nitrogen and oxygen atoms in total. The zero-order chi connectivity index (χ0) is 27.2. The van der Waals surface area contributed by atoms with E-state index in [4.69, 9.17) is 4.74 Å². The Kier molecular flexibility index (Phi) is 8.10. The molecule has 7 heteroatoms. The van der Waals surface area contributed by atoms with Crippen LogP contribution in [0.5, 0.6) is 5.75 Å². The third kappa shape index (κ3) is 5.90. The molecule has 0 fully saturated rings. The second kappa shape index (κ2) is 11.8. The number of rotatable bonds is 9. The molecule has 4 aromatic carbocycles. The molecule has 200 valence electrons. The van der Waals surface area contributed by atoms with Gasteiger partial charge in [0.25, 0.3) is 0 Å². The zero-order valence-corrected chi connectivity index (χ0v) is 22.7. The maximum absolute atomic E-state index is 13.8. The van der Waals surface area contributed by atoms with Gasteiger partial charge in [-0.1, -0.05) is 84.9 Å². The van der Waals surface area contributed by atoms with Gasteiger partial charge < -0.3 is 10.1 Å². The van der Waals surface area contributed by atoms with Crippen molar-refractivity contribution in [3.8, 4) is 5.75 Å². The lowest BCUT2D eigenvalue weighted by Crippen LogP contribution is -2.52. The lowest BCUT2D eigenvalue weighted by molar-refractivity contribution is -0.125. The highest BCUT2D eigenvalue weighted by molar-refractivity contribution is 7.89. The van der Waals surface area contributed by atoms with Gasteiger partial charge in [-0.25, -0.2) is 8.42 Å². The number of nitrogens with zero attached hydrogens (tertiary/aromatic N) is 1. The van der Waals surface area contributed by atoms with Crippen molar-refractivity contribution in [3.63, 3.8) is 0 Å². The van der Waals surface area contributed by atoms with Gasteiger partial charge in [-0.15, -0.1) is 0 Å². The Morgan fingerprint density at radius 2 is 1.41 bits per heavy atom. The molecular weight excluding hydrogens is 508 g/mol. The highest BCUT2D eigenvalue weighted by atomic mass is 32.2. The van der Waals surface area contributed by atoms with Crippen LogP contribution in [0.15, 0.2) is 114 Å². The lowest BCUT2D eigenvalue weighted by Gasteiger charge is -2.35. The summed E-state index contributed by atoms with van der Waals surface area (Å²) in [5.74, 6) is 0.388. The first kappa shape index (κ1) is 26.7.